The molecule has 2 rings (SSSR count). The largest absolute Gasteiger partial charge is 0.480 e. The Bertz CT molecular complexity index is 636. The van der Waals surface area contributed by atoms with Gasteiger partial charge in [-0.05, 0) is 50.9 Å². The van der Waals surface area contributed by atoms with Crippen LogP contribution < -0.4 is 5.32 Å². The maximum Gasteiger partial charge on any atom is 0.317 e. The molecule has 158 valence electrons. The number of likely N-dealkylation sites (N-methyl/N-ethyl adjacent to an activating group) is 1. The fraction of sp³-hybridized carbons (Fsp3) is 0.600. The van der Waals surface area contributed by atoms with Crippen molar-refractivity contribution in [2.75, 3.05) is 26.2 Å². The first-order valence-electron chi connectivity index (χ1n) is 9.57. The van der Waals surface area contributed by atoms with Crippen LogP contribution in [0.5, 0.6) is 0 Å². The zero-order valence-corrected chi connectivity index (χ0v) is 17.5. The maximum atomic E-state index is 13.0. The van der Waals surface area contributed by atoms with Crippen LogP contribution in [0.3, 0.4) is 0 Å². The molecule has 2 atom stereocenters. The second-order valence-electron chi connectivity index (χ2n) is 7.18. The predicted octanol–water partition coefficient (Wildman–Crippen LogP) is 2.68. The summed E-state index contributed by atoms with van der Waals surface area (Å²) in [5, 5.41) is 12.0. The van der Waals surface area contributed by atoms with Gasteiger partial charge in [-0.25, -0.2) is 4.39 Å². The molecule has 1 fully saturated rings. The monoisotopic (exact) mass is 415 g/mol. The third kappa shape index (κ3) is 6.72. The summed E-state index contributed by atoms with van der Waals surface area (Å²) in [6, 6.07) is 5.94. The smallest absolute Gasteiger partial charge is 0.317 e. The Hall–Kier alpha value is -1.70. The molecule has 0 spiro atoms. The molecular formula is C20H31ClFN3O3. The van der Waals surface area contributed by atoms with Gasteiger partial charge in [-0.2, -0.15) is 0 Å². The molecule has 28 heavy (non-hydrogen) atoms. The van der Waals surface area contributed by atoms with Gasteiger partial charge in [0.15, 0.2) is 0 Å². The predicted molar refractivity (Wildman–Crippen MR) is 109 cm³/mol. The van der Waals surface area contributed by atoms with E-state index in [1.165, 1.54) is 12.1 Å². The lowest BCUT2D eigenvalue weighted by molar-refractivity contribution is -0.139. The van der Waals surface area contributed by atoms with Crippen molar-refractivity contribution in [3.8, 4) is 0 Å². The summed E-state index contributed by atoms with van der Waals surface area (Å²) >= 11 is 0. The van der Waals surface area contributed by atoms with Gasteiger partial charge in [-0.3, -0.25) is 19.4 Å². The number of nitrogens with zero attached hydrogens (tertiary/aromatic N) is 2. The Kier molecular flexibility index (Phi) is 9.85. The maximum absolute atomic E-state index is 13.0. The van der Waals surface area contributed by atoms with E-state index in [1.807, 2.05) is 25.7 Å². The zero-order valence-electron chi connectivity index (χ0n) is 16.7. The first-order valence-corrected chi connectivity index (χ1v) is 9.57. The van der Waals surface area contributed by atoms with Crippen LogP contribution in [0.15, 0.2) is 24.3 Å². The van der Waals surface area contributed by atoms with Gasteiger partial charge >= 0.3 is 5.97 Å². The standard InChI is InChI=1S/C20H30FN3O3.ClH/c1-4-23(13-19(25)26)18-9-11-24(12-10-18)15(3)20(27)22-14(2)16-5-7-17(21)8-6-16;/h5-8,14-15,18H,4,9-13H2,1-3H3,(H,22,27)(H,25,26);1H. The molecule has 1 aromatic carbocycles. The summed E-state index contributed by atoms with van der Waals surface area (Å²) in [6.45, 7) is 8.05. The fourth-order valence-corrected chi connectivity index (χ4v) is 3.65. The van der Waals surface area contributed by atoms with Crippen LogP contribution >= 0.6 is 12.4 Å². The quantitative estimate of drug-likeness (QED) is 0.683. The van der Waals surface area contributed by atoms with Crippen LogP contribution in [0.2, 0.25) is 0 Å². The minimum absolute atomic E-state index is 0. The SMILES string of the molecule is CCN(CC(=O)O)C1CCN(C(C)C(=O)NC(C)c2ccc(F)cc2)CC1.Cl. The summed E-state index contributed by atoms with van der Waals surface area (Å²) in [7, 11) is 0. The number of carboxylic acid groups (broad SMARTS) is 1. The van der Waals surface area contributed by atoms with E-state index >= 15 is 0 Å². The van der Waals surface area contributed by atoms with Crippen LogP contribution in [-0.2, 0) is 9.59 Å². The Morgan fingerprint density at radius 1 is 1.25 bits per heavy atom. The van der Waals surface area contributed by atoms with E-state index in [2.05, 4.69) is 10.2 Å². The van der Waals surface area contributed by atoms with Crippen molar-refractivity contribution in [2.24, 2.45) is 0 Å². The van der Waals surface area contributed by atoms with Crippen molar-refractivity contribution in [1.29, 1.82) is 0 Å². The third-order valence-electron chi connectivity index (χ3n) is 5.42. The van der Waals surface area contributed by atoms with Crippen LogP contribution in [0, 0.1) is 5.82 Å². The number of carbonyl (C=O) groups excluding carboxylic acids is 1. The molecule has 1 aromatic rings. The Labute approximate surface area is 172 Å². The van der Waals surface area contributed by atoms with E-state index in [9.17, 15) is 14.0 Å². The molecule has 2 unspecified atom stereocenters. The molecule has 0 saturated carbocycles. The molecule has 0 bridgehead atoms. The molecule has 0 aromatic heterocycles. The number of likely N-dealkylation sites (tertiary alicyclic amines) is 1. The van der Waals surface area contributed by atoms with Crippen molar-refractivity contribution in [3.63, 3.8) is 0 Å². The van der Waals surface area contributed by atoms with E-state index < -0.39 is 5.97 Å². The van der Waals surface area contributed by atoms with Gasteiger partial charge in [0.05, 0.1) is 18.6 Å². The molecular weight excluding hydrogens is 385 g/mol. The number of carboxylic acids is 1. The average Bonchev–Trinajstić information content (AvgIpc) is 2.66. The fourth-order valence-electron chi connectivity index (χ4n) is 3.65. The summed E-state index contributed by atoms with van der Waals surface area (Å²) in [5.41, 5.74) is 0.864. The normalized spacial score (nSPS) is 17.6. The Morgan fingerprint density at radius 3 is 2.32 bits per heavy atom. The first-order chi connectivity index (χ1) is 12.8. The Morgan fingerprint density at radius 2 is 1.82 bits per heavy atom. The molecule has 0 aliphatic carbocycles. The average molecular weight is 416 g/mol. The molecule has 1 heterocycles. The number of aliphatic carboxylic acids is 1. The highest BCUT2D eigenvalue weighted by molar-refractivity contribution is 5.85. The van der Waals surface area contributed by atoms with Gasteiger partial charge in [-0.15, -0.1) is 12.4 Å². The van der Waals surface area contributed by atoms with Gasteiger partial charge in [0.1, 0.15) is 5.82 Å². The first kappa shape index (κ1) is 24.3. The molecule has 2 N–H and O–H groups in total. The summed E-state index contributed by atoms with van der Waals surface area (Å²) in [4.78, 5) is 27.7. The lowest BCUT2D eigenvalue weighted by atomic mass is 10.0. The van der Waals surface area contributed by atoms with E-state index in [0.29, 0.717) is 6.54 Å². The molecule has 1 aliphatic rings. The number of piperidine rings is 1. The molecule has 1 amide bonds. The number of rotatable bonds is 8. The second-order valence-corrected chi connectivity index (χ2v) is 7.18. The van der Waals surface area contributed by atoms with Gasteiger partial charge < -0.3 is 10.4 Å². The van der Waals surface area contributed by atoms with Crippen molar-refractivity contribution in [3.05, 3.63) is 35.6 Å². The van der Waals surface area contributed by atoms with Crippen LogP contribution in [-0.4, -0.2) is 65.0 Å². The Balaban J connectivity index is 0.00000392. The number of hydrogen-bond donors (Lipinski definition) is 2. The van der Waals surface area contributed by atoms with E-state index in [1.54, 1.807) is 12.1 Å². The second kappa shape index (κ2) is 11.3. The highest BCUT2D eigenvalue weighted by Gasteiger charge is 2.30. The van der Waals surface area contributed by atoms with Crippen LogP contribution in [0.25, 0.3) is 0 Å². The van der Waals surface area contributed by atoms with Crippen molar-refractivity contribution in [1.82, 2.24) is 15.1 Å². The topological polar surface area (TPSA) is 72.9 Å². The number of nitrogens with one attached hydrogen (secondary N) is 1. The minimum atomic E-state index is -0.804. The van der Waals surface area contributed by atoms with Crippen molar-refractivity contribution < 1.29 is 19.1 Å². The number of benzene rings is 1. The zero-order chi connectivity index (χ0) is 20.0. The van der Waals surface area contributed by atoms with Crippen molar-refractivity contribution in [2.45, 2.75) is 51.7 Å². The molecule has 0 radical (unpaired) electrons. The highest BCUT2D eigenvalue weighted by atomic mass is 35.5. The number of amides is 1. The number of hydrogen-bond acceptors (Lipinski definition) is 4. The molecule has 1 saturated heterocycles. The number of halogens is 2. The molecule has 6 nitrogen and oxygen atoms in total. The van der Waals surface area contributed by atoms with Gasteiger partial charge in [0.2, 0.25) is 5.91 Å². The minimum Gasteiger partial charge on any atom is -0.480 e. The number of carbonyl (C=O) groups is 2. The highest BCUT2D eigenvalue weighted by Crippen LogP contribution is 2.19. The van der Waals surface area contributed by atoms with Crippen molar-refractivity contribution >= 4 is 24.3 Å². The summed E-state index contributed by atoms with van der Waals surface area (Å²) < 4.78 is 13.0. The lowest BCUT2D eigenvalue weighted by Crippen LogP contribution is -2.52. The van der Waals surface area contributed by atoms with E-state index in [-0.39, 0.29) is 48.8 Å². The third-order valence-corrected chi connectivity index (χ3v) is 5.42. The van der Waals surface area contributed by atoms with Gasteiger partial charge in [0, 0.05) is 19.1 Å². The van der Waals surface area contributed by atoms with Gasteiger partial charge in [0.25, 0.3) is 0 Å². The van der Waals surface area contributed by atoms with Gasteiger partial charge in [-0.1, -0.05) is 19.1 Å². The molecule has 1 aliphatic heterocycles. The van der Waals surface area contributed by atoms with E-state index in [4.69, 9.17) is 5.11 Å². The summed E-state index contributed by atoms with van der Waals surface area (Å²) in [5.74, 6) is -1.15. The summed E-state index contributed by atoms with van der Waals surface area (Å²) in [6.07, 6.45) is 1.71. The van der Waals surface area contributed by atoms with Crippen LogP contribution in [0.1, 0.15) is 45.2 Å². The van der Waals surface area contributed by atoms with Crippen LogP contribution in [0.4, 0.5) is 4.39 Å². The lowest BCUT2D eigenvalue weighted by Gasteiger charge is -2.39. The van der Waals surface area contributed by atoms with E-state index in [0.717, 1.165) is 31.5 Å². The molecule has 8 heteroatoms.